The normalized spacial score (nSPS) is 10.7. The summed E-state index contributed by atoms with van der Waals surface area (Å²) < 4.78 is 0. The quantitative estimate of drug-likeness (QED) is 0.0349. The lowest BCUT2D eigenvalue weighted by Crippen LogP contribution is -2.15. The highest BCUT2D eigenvalue weighted by Crippen LogP contribution is 2.38. The van der Waals surface area contributed by atoms with E-state index in [1.54, 1.807) is 128 Å². The van der Waals surface area contributed by atoms with E-state index in [4.69, 9.17) is 46.4 Å². The molecule has 0 atom stereocenters. The summed E-state index contributed by atoms with van der Waals surface area (Å²) in [5, 5.41) is 24.4. The van der Waals surface area contributed by atoms with Gasteiger partial charge in [0.25, 0.3) is 41.4 Å². The molecule has 0 unspecified atom stereocenters. The molecule has 0 saturated carbocycles. The van der Waals surface area contributed by atoms with Crippen molar-refractivity contribution in [3.8, 4) is 45.0 Å². The van der Waals surface area contributed by atoms with Crippen LogP contribution < -0.4 is 37.2 Å². The minimum atomic E-state index is -0.387. The molecule has 6 aromatic heterocycles. The smallest absolute Gasteiger partial charge is 0.257 e. The first kappa shape index (κ1) is 96.5. The Hall–Kier alpha value is -18.1. The van der Waals surface area contributed by atoms with Crippen molar-refractivity contribution in [2.24, 2.45) is 0 Å². The van der Waals surface area contributed by atoms with Crippen molar-refractivity contribution in [2.75, 3.05) is 37.2 Å². The van der Waals surface area contributed by atoms with Gasteiger partial charge in [0.2, 0.25) is 0 Å². The number of amides is 7. The molecule has 698 valence electrons. The average molecular weight is 1960 g/mol. The third kappa shape index (κ3) is 23.2. The molecule has 29 heteroatoms. The lowest BCUT2D eigenvalue weighted by atomic mass is 10.0. The van der Waals surface area contributed by atoms with E-state index in [1.165, 1.54) is 55.4 Å². The molecule has 0 aliphatic rings. The van der Waals surface area contributed by atoms with Crippen LogP contribution in [0.5, 0.6) is 0 Å². The summed E-state index contributed by atoms with van der Waals surface area (Å²) in [7, 11) is 0. The molecule has 7 amide bonds. The molecule has 0 saturated heterocycles. The first-order chi connectivity index (χ1) is 69.5. The molecule has 0 aliphatic heterocycles. The Balaban J connectivity index is 0.000000131. The second kappa shape index (κ2) is 44.5. The Bertz CT molecular complexity index is 7730. The molecule has 0 aliphatic carbocycles. The van der Waals surface area contributed by atoms with Gasteiger partial charge in [-0.2, -0.15) is 0 Å². The van der Waals surface area contributed by atoms with Crippen molar-refractivity contribution in [3.05, 3.63) is 470 Å². The number of fused-ring (bicyclic) bond motifs is 4. The van der Waals surface area contributed by atoms with Gasteiger partial charge < -0.3 is 37.2 Å². The molecule has 14 aromatic carbocycles. The number of aromatic nitrogens is 10. The molecule has 7 N–H and O–H groups in total. The van der Waals surface area contributed by atoms with E-state index in [0.29, 0.717) is 67.6 Å². The number of hydrogen-bond acceptors (Lipinski definition) is 18. The Morgan fingerprint density at radius 2 is 0.490 bits per heavy atom. The minimum absolute atomic E-state index is 0.153. The lowest BCUT2D eigenvalue weighted by Gasteiger charge is -2.12. The predicted molar refractivity (Wildman–Crippen MR) is 565 cm³/mol. The summed E-state index contributed by atoms with van der Waals surface area (Å²) in [5.74, 6) is -2.67. The fraction of sp³-hybridized carbons (Fsp3) is 0.0351. The minimum Gasteiger partial charge on any atom is -0.322 e. The van der Waals surface area contributed by atoms with Gasteiger partial charge >= 0.3 is 0 Å². The topological polar surface area (TPSA) is 350 Å². The van der Waals surface area contributed by atoms with Crippen LogP contribution in [0.4, 0.5) is 39.8 Å². The number of aryl methyl sites for hydroxylation is 4. The molecule has 25 nitrogen and oxygen atoms in total. The molecule has 0 bridgehead atoms. The number of benzene rings is 14. The van der Waals surface area contributed by atoms with E-state index in [1.807, 2.05) is 222 Å². The Kier molecular flexibility index (Phi) is 30.1. The highest BCUT2D eigenvalue weighted by molar-refractivity contribution is 6.37. The van der Waals surface area contributed by atoms with Crippen molar-refractivity contribution in [1.82, 2.24) is 49.8 Å². The average Bonchev–Trinajstić information content (AvgIpc) is 0.798. The molecule has 20 aromatic rings. The number of ketones is 1. The molecule has 0 spiro atoms. The summed E-state index contributed by atoms with van der Waals surface area (Å²) in [6.07, 6.45) is 12.5. The van der Waals surface area contributed by atoms with Crippen molar-refractivity contribution in [2.45, 2.75) is 27.7 Å². The molecular weight excluding hydrogens is 1880 g/mol. The zero-order valence-corrected chi connectivity index (χ0v) is 79.6. The first-order valence-corrected chi connectivity index (χ1v) is 46.1. The standard InChI is InChI=1S/C29H21ClN4O2.C29H20ClN3O2.2C28H20ClN5O2/c1-18-11-13-21(16-24(18)27-23-9-5-6-10-26(23)31-17-32-27)34-29(36)22-14-12-19(15-25(22)30)28(35)33-20-7-3-2-4-8-20;1-18-11-13-21(16-24(18)27-23-9-5-6-10-26(23)31-17-32-27)33-29(35)22-14-12-20(15-25(22)30)28(34)19-7-3-2-4-8-19;1-17-8-10-19(14-23(17)26-22-6-2-3-7-25(22)31-16-32-26)33-28(36)21-11-9-18(13-24(21)29)27(35)34-20-5-4-12-30-15-20;1-17-6-8-20(15-23(17)26-22-4-2-3-5-25(22)31-16-32-26)34-28(36)21-9-7-18(14-24(21)29)27(35)33-19-10-12-30-13-11-19/h2-17H,1H3,(H,33,35)(H,34,36);2-17H,1H3,(H,33,35);2-16H,1H3,(H,33,36)(H,34,35);2-16H,1H3,(H,34,36)(H,30,33,35). The van der Waals surface area contributed by atoms with Gasteiger partial charge in [0, 0.05) is 124 Å². The zero-order chi connectivity index (χ0) is 99.6. The summed E-state index contributed by atoms with van der Waals surface area (Å²) in [5.41, 5.74) is 21.5. The number of anilines is 7. The summed E-state index contributed by atoms with van der Waals surface area (Å²) in [6.45, 7) is 7.97. The fourth-order valence-electron chi connectivity index (χ4n) is 15.6. The highest BCUT2D eigenvalue weighted by atomic mass is 35.5. The SMILES string of the molecule is Cc1ccc(NC(=O)c2ccc(C(=O)Nc3ccccc3)cc2Cl)cc1-c1ncnc2ccccc12.Cc1ccc(NC(=O)c2ccc(C(=O)Nc3cccnc3)cc2Cl)cc1-c1ncnc2ccccc12.Cc1ccc(NC(=O)c2ccc(C(=O)Nc3ccncc3)cc2Cl)cc1-c1ncnc2ccccc12.Cc1ccc(NC(=O)c2ccc(C(=O)c3ccccc3)cc2Cl)cc1-c1ncnc2ccccc12. The number of nitrogens with zero attached hydrogens (tertiary/aromatic N) is 10. The van der Waals surface area contributed by atoms with Crippen LogP contribution in [0.2, 0.25) is 20.1 Å². The second-order valence-corrected chi connectivity index (χ2v) is 34.2. The van der Waals surface area contributed by atoms with Gasteiger partial charge in [-0.15, -0.1) is 0 Å². The summed E-state index contributed by atoms with van der Waals surface area (Å²) in [4.78, 5) is 146. The van der Waals surface area contributed by atoms with E-state index >= 15 is 0 Å². The van der Waals surface area contributed by atoms with Crippen LogP contribution in [0.3, 0.4) is 0 Å². The fourth-order valence-corrected chi connectivity index (χ4v) is 16.7. The van der Waals surface area contributed by atoms with E-state index in [0.717, 1.165) is 111 Å². The number of rotatable bonds is 20. The van der Waals surface area contributed by atoms with Crippen LogP contribution >= 0.6 is 46.4 Å². The van der Waals surface area contributed by atoms with Gasteiger partial charge in [0.1, 0.15) is 25.3 Å². The molecule has 20 rings (SSSR count). The van der Waals surface area contributed by atoms with Gasteiger partial charge in [0.15, 0.2) is 5.78 Å². The molecule has 0 radical (unpaired) electrons. The molecule has 6 heterocycles. The van der Waals surface area contributed by atoms with Gasteiger partial charge in [-0.3, -0.25) is 48.3 Å². The maximum absolute atomic E-state index is 13.0. The van der Waals surface area contributed by atoms with Crippen LogP contribution in [0.1, 0.15) is 111 Å². The Labute approximate surface area is 839 Å². The number of hydrogen-bond donors (Lipinski definition) is 7. The third-order valence-corrected chi connectivity index (χ3v) is 24.3. The van der Waals surface area contributed by atoms with E-state index < -0.39 is 0 Å². The molecular formula is C114H81Cl4N17O8. The van der Waals surface area contributed by atoms with E-state index in [-0.39, 0.29) is 89.5 Å². The maximum atomic E-state index is 13.0. The largest absolute Gasteiger partial charge is 0.322 e. The number of carbonyl (C=O) groups is 8. The monoisotopic (exact) mass is 1960 g/mol. The van der Waals surface area contributed by atoms with Crippen LogP contribution in [0.15, 0.2) is 378 Å². The van der Waals surface area contributed by atoms with Crippen LogP contribution in [0, 0.1) is 27.7 Å². The Morgan fingerprint density at radius 3 is 0.804 bits per heavy atom. The summed E-state index contributed by atoms with van der Waals surface area (Å²) >= 11 is 25.6. The zero-order valence-electron chi connectivity index (χ0n) is 76.5. The first-order valence-electron chi connectivity index (χ1n) is 44.5. The predicted octanol–water partition coefficient (Wildman–Crippen LogP) is 25.8. The molecule has 143 heavy (non-hydrogen) atoms. The van der Waals surface area contributed by atoms with Crippen LogP contribution in [-0.4, -0.2) is 97.0 Å². The number of nitrogens with one attached hydrogen (secondary N) is 7. The number of halogens is 4. The maximum Gasteiger partial charge on any atom is 0.257 e. The van der Waals surface area contributed by atoms with Crippen LogP contribution in [0.25, 0.3) is 88.6 Å². The van der Waals surface area contributed by atoms with Crippen LogP contribution in [-0.2, 0) is 0 Å². The molecule has 0 fully saturated rings. The van der Waals surface area contributed by atoms with Crippen molar-refractivity contribution in [3.63, 3.8) is 0 Å². The number of para-hydroxylation sites is 5. The lowest BCUT2D eigenvalue weighted by molar-refractivity contribution is 0.101. The van der Waals surface area contributed by atoms with Crippen molar-refractivity contribution < 1.29 is 38.4 Å². The van der Waals surface area contributed by atoms with Gasteiger partial charge in [0.05, 0.1) is 99.1 Å². The number of carbonyl (C=O) groups excluding carboxylic acids is 8. The van der Waals surface area contributed by atoms with E-state index in [9.17, 15) is 38.4 Å². The highest BCUT2D eigenvalue weighted by Gasteiger charge is 2.24. The summed E-state index contributed by atoms with van der Waals surface area (Å²) in [6, 6.07) is 97.1. The number of pyridine rings is 2. The van der Waals surface area contributed by atoms with Gasteiger partial charge in [-0.25, -0.2) is 39.9 Å². The van der Waals surface area contributed by atoms with Crippen molar-refractivity contribution in [1.29, 1.82) is 0 Å². The van der Waals surface area contributed by atoms with Crippen molar-refractivity contribution >= 4 is 177 Å². The van der Waals surface area contributed by atoms with Gasteiger partial charge in [-0.05, 0) is 226 Å². The van der Waals surface area contributed by atoms with Gasteiger partial charge in [-0.1, -0.05) is 198 Å². The third-order valence-electron chi connectivity index (χ3n) is 23.0. The second-order valence-electron chi connectivity index (χ2n) is 32.6. The van der Waals surface area contributed by atoms with E-state index in [2.05, 4.69) is 87.1 Å². The Morgan fingerprint density at radius 1 is 0.217 bits per heavy atom.